The third-order valence-corrected chi connectivity index (χ3v) is 3.87. The Morgan fingerprint density at radius 2 is 2.13 bits per heavy atom. The highest BCUT2D eigenvalue weighted by Gasteiger charge is 2.14. The van der Waals surface area contributed by atoms with Crippen molar-refractivity contribution in [2.75, 3.05) is 0 Å². The predicted molar refractivity (Wildman–Crippen MR) is 83.4 cm³/mol. The smallest absolute Gasteiger partial charge is 0.486 e. The van der Waals surface area contributed by atoms with E-state index in [-0.39, 0.29) is 0 Å². The summed E-state index contributed by atoms with van der Waals surface area (Å²) in [5.74, 6) is 0.377. The maximum atomic E-state index is 10.5. The summed E-state index contributed by atoms with van der Waals surface area (Å²) in [6.45, 7) is 2.73. The minimum absolute atomic E-state index is 0.335. The molecule has 0 bridgehead atoms. The maximum Gasteiger partial charge on any atom is 0.490 e. The normalized spacial score (nSPS) is 10.7. The Bertz CT molecular complexity index is 812. The lowest BCUT2D eigenvalue weighted by molar-refractivity contribution is -0.394. The number of hydrogen-bond donors (Lipinski definition) is 0. The summed E-state index contributed by atoms with van der Waals surface area (Å²) in [6.07, 6.45) is 1.32. The van der Waals surface area contributed by atoms with Gasteiger partial charge in [0.25, 0.3) is 0 Å². The van der Waals surface area contributed by atoms with Crippen molar-refractivity contribution in [2.24, 2.45) is 0 Å². The molecular formula is C14H13N5O3S. The Labute approximate surface area is 135 Å². The first-order valence-electron chi connectivity index (χ1n) is 6.77. The van der Waals surface area contributed by atoms with E-state index in [4.69, 9.17) is 4.74 Å². The van der Waals surface area contributed by atoms with E-state index in [2.05, 4.69) is 15.1 Å². The summed E-state index contributed by atoms with van der Waals surface area (Å²) < 4.78 is 7.06. The second-order valence-corrected chi connectivity index (χ2v) is 5.78. The van der Waals surface area contributed by atoms with Crippen molar-refractivity contribution in [3.8, 4) is 5.75 Å². The molecule has 0 fully saturated rings. The first-order chi connectivity index (χ1) is 11.1. The summed E-state index contributed by atoms with van der Waals surface area (Å²) in [6, 6.07) is 7.80. The van der Waals surface area contributed by atoms with Crippen LogP contribution in [0.5, 0.6) is 5.75 Å². The average molecular weight is 331 g/mol. The largest absolute Gasteiger partial charge is 0.490 e. The fourth-order valence-corrected chi connectivity index (χ4v) is 2.57. The van der Waals surface area contributed by atoms with E-state index < -0.39 is 10.9 Å². The van der Waals surface area contributed by atoms with Gasteiger partial charge >= 0.3 is 5.95 Å². The van der Waals surface area contributed by atoms with Crippen LogP contribution >= 0.6 is 11.3 Å². The third kappa shape index (κ3) is 3.89. The van der Waals surface area contributed by atoms with Gasteiger partial charge in [0.15, 0.2) is 0 Å². The Kier molecular flexibility index (Phi) is 4.29. The predicted octanol–water partition coefficient (Wildman–Crippen LogP) is 2.58. The van der Waals surface area contributed by atoms with Crippen LogP contribution in [0, 0.1) is 17.0 Å². The van der Waals surface area contributed by atoms with E-state index in [0.29, 0.717) is 13.2 Å². The molecule has 1 aromatic carbocycles. The second kappa shape index (κ2) is 6.53. The van der Waals surface area contributed by atoms with Crippen LogP contribution < -0.4 is 4.74 Å². The molecule has 0 atom stereocenters. The van der Waals surface area contributed by atoms with Crippen molar-refractivity contribution >= 4 is 17.3 Å². The highest BCUT2D eigenvalue weighted by Crippen LogP contribution is 2.16. The molecule has 3 aromatic rings. The molecule has 118 valence electrons. The van der Waals surface area contributed by atoms with Crippen molar-refractivity contribution in [1.29, 1.82) is 0 Å². The molecule has 0 spiro atoms. The highest BCUT2D eigenvalue weighted by atomic mass is 32.1. The molecule has 2 aromatic heterocycles. The van der Waals surface area contributed by atoms with E-state index in [1.165, 1.54) is 27.9 Å². The number of ether oxygens (including phenoxy) is 1. The molecule has 0 saturated heterocycles. The van der Waals surface area contributed by atoms with Crippen LogP contribution in [0.3, 0.4) is 0 Å². The number of aromatic nitrogens is 4. The van der Waals surface area contributed by atoms with Gasteiger partial charge in [-0.2, -0.15) is 4.68 Å². The van der Waals surface area contributed by atoms with Crippen molar-refractivity contribution in [3.05, 3.63) is 62.4 Å². The molecule has 3 rings (SSSR count). The first kappa shape index (κ1) is 15.1. The molecule has 0 amide bonds. The molecule has 0 aliphatic rings. The molecule has 0 N–H and O–H groups in total. The lowest BCUT2D eigenvalue weighted by Gasteiger charge is -2.03. The number of nitro groups is 1. The Morgan fingerprint density at radius 1 is 1.35 bits per heavy atom. The fourth-order valence-electron chi connectivity index (χ4n) is 1.88. The number of hydrogen-bond acceptors (Lipinski definition) is 7. The Morgan fingerprint density at radius 3 is 2.83 bits per heavy atom. The molecular weight excluding hydrogens is 318 g/mol. The van der Waals surface area contributed by atoms with Gasteiger partial charge in [-0.15, -0.1) is 11.3 Å². The van der Waals surface area contributed by atoms with Crippen molar-refractivity contribution in [2.45, 2.75) is 20.1 Å². The SMILES string of the molecule is Cc1ccc(OCc2nc(Cn3cnc([N+](=O)[O-])n3)cs2)cc1. The van der Waals surface area contributed by atoms with Gasteiger partial charge in [-0.25, -0.2) is 4.98 Å². The van der Waals surface area contributed by atoms with E-state index >= 15 is 0 Å². The second-order valence-electron chi connectivity index (χ2n) is 4.83. The monoisotopic (exact) mass is 331 g/mol. The summed E-state index contributed by atoms with van der Waals surface area (Å²) in [7, 11) is 0. The van der Waals surface area contributed by atoms with Gasteiger partial charge in [-0.05, 0) is 24.0 Å². The molecule has 9 heteroatoms. The van der Waals surface area contributed by atoms with Crippen LogP contribution in [0.25, 0.3) is 0 Å². The number of rotatable bonds is 6. The van der Waals surface area contributed by atoms with Gasteiger partial charge in [-0.1, -0.05) is 22.7 Å². The zero-order valence-corrected chi connectivity index (χ0v) is 13.1. The lowest BCUT2D eigenvalue weighted by Crippen LogP contribution is -2.02. The van der Waals surface area contributed by atoms with Crippen LogP contribution in [-0.2, 0) is 13.2 Å². The van der Waals surface area contributed by atoms with E-state index in [9.17, 15) is 10.1 Å². The lowest BCUT2D eigenvalue weighted by atomic mass is 10.2. The summed E-state index contributed by atoms with van der Waals surface area (Å²) >= 11 is 1.47. The molecule has 2 heterocycles. The molecule has 0 aliphatic carbocycles. The van der Waals surface area contributed by atoms with Crippen LogP contribution in [0.15, 0.2) is 36.0 Å². The minimum Gasteiger partial charge on any atom is -0.486 e. The van der Waals surface area contributed by atoms with Gasteiger partial charge < -0.3 is 14.9 Å². The summed E-state index contributed by atoms with van der Waals surface area (Å²) in [4.78, 5) is 18.0. The molecule has 23 heavy (non-hydrogen) atoms. The van der Waals surface area contributed by atoms with Crippen LogP contribution in [0.2, 0.25) is 0 Å². The molecule has 8 nitrogen and oxygen atoms in total. The van der Waals surface area contributed by atoms with Crippen LogP contribution in [0.1, 0.15) is 16.3 Å². The summed E-state index contributed by atoms with van der Waals surface area (Å²) in [5, 5.41) is 17.0. The van der Waals surface area contributed by atoms with Crippen molar-refractivity contribution < 1.29 is 9.66 Å². The zero-order valence-electron chi connectivity index (χ0n) is 12.2. The minimum atomic E-state index is -0.627. The van der Waals surface area contributed by atoms with Gasteiger partial charge in [0.05, 0.1) is 5.69 Å². The van der Waals surface area contributed by atoms with Gasteiger partial charge in [0.1, 0.15) is 23.9 Å². The fraction of sp³-hybridized carbons (Fsp3) is 0.214. The van der Waals surface area contributed by atoms with Gasteiger partial charge in [-0.3, -0.25) is 0 Å². The molecule has 0 saturated carbocycles. The first-order valence-corrected chi connectivity index (χ1v) is 7.65. The van der Waals surface area contributed by atoms with Crippen molar-refractivity contribution in [3.63, 3.8) is 0 Å². The van der Waals surface area contributed by atoms with Gasteiger partial charge in [0.2, 0.25) is 6.33 Å². The zero-order chi connectivity index (χ0) is 16.2. The Hall–Kier alpha value is -2.81. The Balaban J connectivity index is 1.59. The number of aryl methyl sites for hydroxylation is 1. The number of nitrogens with zero attached hydrogens (tertiary/aromatic N) is 5. The maximum absolute atomic E-state index is 10.5. The van der Waals surface area contributed by atoms with E-state index in [0.717, 1.165) is 16.5 Å². The molecule has 0 radical (unpaired) electrons. The third-order valence-electron chi connectivity index (χ3n) is 2.99. The molecule has 0 unspecified atom stereocenters. The van der Waals surface area contributed by atoms with Crippen LogP contribution in [0.4, 0.5) is 5.95 Å². The number of thiazole rings is 1. The standard InChI is InChI=1S/C14H13N5O3S/c1-10-2-4-12(5-3-10)22-7-13-16-11(8-23-13)6-18-9-15-14(17-18)19(20)21/h2-5,8-9H,6-7H2,1H3. The van der Waals surface area contributed by atoms with Gasteiger partial charge in [0, 0.05) is 10.5 Å². The molecule has 0 aliphatic heterocycles. The highest BCUT2D eigenvalue weighted by molar-refractivity contribution is 7.09. The van der Waals surface area contributed by atoms with Crippen LogP contribution in [-0.4, -0.2) is 24.7 Å². The summed E-state index contributed by atoms with van der Waals surface area (Å²) in [5.41, 5.74) is 1.94. The van der Waals surface area contributed by atoms with E-state index in [1.807, 2.05) is 36.6 Å². The van der Waals surface area contributed by atoms with E-state index in [1.54, 1.807) is 0 Å². The number of benzene rings is 1. The topological polar surface area (TPSA) is 96.0 Å². The van der Waals surface area contributed by atoms with Crippen molar-refractivity contribution in [1.82, 2.24) is 19.7 Å². The average Bonchev–Trinajstić information content (AvgIpc) is 3.17. The quantitative estimate of drug-likeness (QED) is 0.509.